The van der Waals surface area contributed by atoms with Crippen molar-refractivity contribution in [3.8, 4) is 0 Å². The number of nitrogens with zero attached hydrogens (tertiary/aromatic N) is 3. The van der Waals surface area contributed by atoms with Crippen molar-refractivity contribution in [3.05, 3.63) is 0 Å². The first-order chi connectivity index (χ1) is 13.1. The lowest BCUT2D eigenvalue weighted by molar-refractivity contribution is -0.0333. The van der Waals surface area contributed by atoms with Crippen LogP contribution in [-0.2, 0) is 4.74 Å². The first-order valence-corrected chi connectivity index (χ1v) is 11.2. The molecule has 6 nitrogen and oxygen atoms in total. The van der Waals surface area contributed by atoms with Crippen molar-refractivity contribution < 1.29 is 4.74 Å². The Hall–Kier alpha value is -0.850. The first kappa shape index (κ1) is 20.9. The minimum absolute atomic E-state index is 0.238. The van der Waals surface area contributed by atoms with Crippen molar-refractivity contribution in [2.75, 3.05) is 60.0 Å². The average molecular weight is 380 g/mol. The van der Waals surface area contributed by atoms with E-state index in [1.165, 1.54) is 44.9 Å². The Morgan fingerprint density at radius 2 is 1.85 bits per heavy atom. The second-order valence-electron chi connectivity index (χ2n) is 8.83. The zero-order chi connectivity index (χ0) is 19.1. The second-order valence-corrected chi connectivity index (χ2v) is 8.83. The lowest BCUT2D eigenvalue weighted by Gasteiger charge is -2.47. The fourth-order valence-electron chi connectivity index (χ4n) is 4.84. The molecule has 156 valence electrons. The molecule has 0 amide bonds. The quantitative estimate of drug-likeness (QED) is 0.498. The topological polar surface area (TPSA) is 52.1 Å². The van der Waals surface area contributed by atoms with Crippen LogP contribution in [0.3, 0.4) is 0 Å². The van der Waals surface area contributed by atoms with E-state index < -0.39 is 0 Å². The number of likely N-dealkylation sites (N-methyl/N-ethyl adjacent to an activating group) is 1. The summed E-state index contributed by atoms with van der Waals surface area (Å²) in [6, 6.07) is 0.608. The number of nitrogens with one attached hydrogen (secondary N) is 2. The molecule has 6 heteroatoms. The highest BCUT2D eigenvalue weighted by Crippen LogP contribution is 2.35. The maximum Gasteiger partial charge on any atom is 0.191 e. The highest BCUT2D eigenvalue weighted by atomic mass is 16.5. The van der Waals surface area contributed by atoms with Gasteiger partial charge < -0.3 is 20.3 Å². The Morgan fingerprint density at radius 1 is 1.15 bits per heavy atom. The molecule has 3 rings (SSSR count). The van der Waals surface area contributed by atoms with Gasteiger partial charge in [0.2, 0.25) is 0 Å². The van der Waals surface area contributed by atoms with Crippen molar-refractivity contribution in [1.29, 1.82) is 0 Å². The van der Waals surface area contributed by atoms with Crippen LogP contribution in [0.15, 0.2) is 4.99 Å². The van der Waals surface area contributed by atoms with Gasteiger partial charge in [-0.3, -0.25) is 9.89 Å². The Labute approximate surface area is 166 Å². The minimum atomic E-state index is 0.238. The van der Waals surface area contributed by atoms with Crippen LogP contribution in [0.5, 0.6) is 0 Å². The summed E-state index contributed by atoms with van der Waals surface area (Å²) in [4.78, 5) is 10.1. The van der Waals surface area contributed by atoms with E-state index in [4.69, 9.17) is 9.73 Å². The van der Waals surface area contributed by atoms with Crippen molar-refractivity contribution in [2.24, 2.45) is 10.9 Å². The molecule has 2 aliphatic carbocycles. The third-order valence-corrected chi connectivity index (χ3v) is 6.65. The fourth-order valence-corrected chi connectivity index (χ4v) is 4.84. The highest BCUT2D eigenvalue weighted by molar-refractivity contribution is 5.79. The smallest absolute Gasteiger partial charge is 0.191 e. The van der Waals surface area contributed by atoms with E-state index in [0.717, 1.165) is 57.8 Å². The molecule has 0 aromatic heterocycles. The molecule has 1 aliphatic heterocycles. The Morgan fingerprint density at radius 3 is 2.44 bits per heavy atom. The molecule has 27 heavy (non-hydrogen) atoms. The largest absolute Gasteiger partial charge is 0.379 e. The van der Waals surface area contributed by atoms with E-state index in [-0.39, 0.29) is 5.54 Å². The maximum absolute atomic E-state index is 5.61. The van der Waals surface area contributed by atoms with E-state index in [2.05, 4.69) is 41.5 Å². The van der Waals surface area contributed by atoms with Crippen molar-refractivity contribution in [1.82, 2.24) is 20.4 Å². The Bertz CT molecular complexity index is 463. The zero-order valence-corrected chi connectivity index (χ0v) is 17.8. The van der Waals surface area contributed by atoms with E-state index in [1.807, 2.05) is 0 Å². The number of aliphatic imine (C=N–C) groups is 1. The highest BCUT2D eigenvalue weighted by Gasteiger charge is 2.38. The average Bonchev–Trinajstić information content (AvgIpc) is 3.52. The van der Waals surface area contributed by atoms with Gasteiger partial charge in [0.05, 0.1) is 19.8 Å². The predicted molar refractivity (Wildman–Crippen MR) is 112 cm³/mol. The van der Waals surface area contributed by atoms with Crippen LogP contribution in [-0.4, -0.2) is 87.4 Å². The predicted octanol–water partition coefficient (Wildman–Crippen LogP) is 1.92. The second kappa shape index (κ2) is 10.1. The van der Waals surface area contributed by atoms with Crippen LogP contribution in [0.4, 0.5) is 0 Å². The number of ether oxygens (including phenoxy) is 1. The molecule has 3 fully saturated rings. The molecule has 0 radical (unpaired) electrons. The van der Waals surface area contributed by atoms with Gasteiger partial charge >= 0.3 is 0 Å². The monoisotopic (exact) mass is 379 g/mol. The lowest BCUT2D eigenvalue weighted by atomic mass is 9.80. The summed E-state index contributed by atoms with van der Waals surface area (Å²) in [5.41, 5.74) is 0.238. The Kier molecular flexibility index (Phi) is 7.79. The molecule has 1 atom stereocenters. The zero-order valence-electron chi connectivity index (χ0n) is 17.8. The maximum atomic E-state index is 5.61. The molecular weight excluding hydrogens is 338 g/mol. The van der Waals surface area contributed by atoms with Gasteiger partial charge in [-0.25, -0.2) is 0 Å². The van der Waals surface area contributed by atoms with Gasteiger partial charge in [0.25, 0.3) is 0 Å². The molecule has 2 N–H and O–H groups in total. The molecular formula is C21H41N5O. The number of hydrogen-bond donors (Lipinski definition) is 2. The van der Waals surface area contributed by atoms with Gasteiger partial charge in [-0.05, 0) is 52.6 Å². The summed E-state index contributed by atoms with van der Waals surface area (Å²) in [5.74, 6) is 1.84. The van der Waals surface area contributed by atoms with Gasteiger partial charge in [0.1, 0.15) is 0 Å². The van der Waals surface area contributed by atoms with Gasteiger partial charge in [-0.1, -0.05) is 19.3 Å². The summed E-state index contributed by atoms with van der Waals surface area (Å²) >= 11 is 0. The summed E-state index contributed by atoms with van der Waals surface area (Å²) in [6.07, 6.45) is 9.34. The summed E-state index contributed by atoms with van der Waals surface area (Å²) in [5, 5.41) is 7.11. The number of hydrogen-bond acceptors (Lipinski definition) is 4. The Balaban J connectivity index is 1.63. The van der Waals surface area contributed by atoms with Gasteiger partial charge in [-0.15, -0.1) is 0 Å². The molecule has 3 aliphatic rings. The van der Waals surface area contributed by atoms with Crippen LogP contribution in [0.1, 0.15) is 51.9 Å². The molecule has 0 spiro atoms. The molecule has 2 saturated carbocycles. The van der Waals surface area contributed by atoms with Crippen LogP contribution in [0, 0.1) is 5.92 Å². The van der Waals surface area contributed by atoms with Crippen molar-refractivity contribution in [2.45, 2.75) is 63.5 Å². The number of morpholine rings is 1. The third-order valence-electron chi connectivity index (χ3n) is 6.65. The van der Waals surface area contributed by atoms with E-state index in [9.17, 15) is 0 Å². The number of rotatable bonds is 8. The first-order valence-electron chi connectivity index (χ1n) is 11.2. The van der Waals surface area contributed by atoms with Gasteiger partial charge in [0.15, 0.2) is 5.96 Å². The van der Waals surface area contributed by atoms with Crippen LogP contribution >= 0.6 is 0 Å². The summed E-state index contributed by atoms with van der Waals surface area (Å²) in [7, 11) is 4.40. The van der Waals surface area contributed by atoms with E-state index in [1.54, 1.807) is 0 Å². The van der Waals surface area contributed by atoms with Crippen LogP contribution < -0.4 is 10.6 Å². The van der Waals surface area contributed by atoms with E-state index in [0.29, 0.717) is 6.04 Å². The SMILES string of the molecule is CCNC(=NCC1(N2CCOCC2)CCCCC1)NCC(C1CC1)N(C)C. The van der Waals surface area contributed by atoms with Gasteiger partial charge in [-0.2, -0.15) is 0 Å². The minimum Gasteiger partial charge on any atom is -0.379 e. The van der Waals surface area contributed by atoms with E-state index >= 15 is 0 Å². The molecule has 0 bridgehead atoms. The molecule has 0 aromatic carbocycles. The van der Waals surface area contributed by atoms with Crippen LogP contribution in [0.25, 0.3) is 0 Å². The van der Waals surface area contributed by atoms with Crippen molar-refractivity contribution >= 4 is 5.96 Å². The molecule has 0 aromatic rings. The van der Waals surface area contributed by atoms with Crippen LogP contribution in [0.2, 0.25) is 0 Å². The summed E-state index contributed by atoms with van der Waals surface area (Å²) < 4.78 is 5.61. The van der Waals surface area contributed by atoms with Crippen molar-refractivity contribution in [3.63, 3.8) is 0 Å². The fraction of sp³-hybridized carbons (Fsp3) is 0.952. The molecule has 1 unspecified atom stereocenters. The standard InChI is InChI=1S/C21H41N5O/c1-4-22-20(23-16-19(25(2)3)18-8-9-18)24-17-21(10-6-5-7-11-21)26-12-14-27-15-13-26/h18-19H,4-17H2,1-3H3,(H2,22,23,24). The summed E-state index contributed by atoms with van der Waals surface area (Å²) in [6.45, 7) is 8.80. The normalized spacial score (nSPS) is 25.4. The molecule has 1 heterocycles. The van der Waals surface area contributed by atoms with Gasteiger partial charge in [0, 0.05) is 37.8 Å². The lowest BCUT2D eigenvalue weighted by Crippen LogP contribution is -2.57. The molecule has 1 saturated heterocycles. The number of guanidine groups is 1. The third kappa shape index (κ3) is 5.81.